The van der Waals surface area contributed by atoms with Gasteiger partial charge in [-0.3, -0.25) is 4.68 Å². The molecule has 5 heterocycles. The van der Waals surface area contributed by atoms with Gasteiger partial charge in [0.05, 0.1) is 34.2 Å². The number of rotatable bonds is 11. The van der Waals surface area contributed by atoms with Crippen molar-refractivity contribution >= 4 is 50.0 Å². The number of aromatic nitrogens is 5. The molecule has 12 heteroatoms. The van der Waals surface area contributed by atoms with Crippen LogP contribution in [-0.4, -0.2) is 79.3 Å². The number of aromatic carboxylic acids is 1. The van der Waals surface area contributed by atoms with Crippen molar-refractivity contribution in [3.8, 4) is 11.1 Å². The fourth-order valence-corrected chi connectivity index (χ4v) is 13.7. The third-order valence-electron chi connectivity index (χ3n) is 14.0. The fraction of sp³-hybridized carbons (Fsp3) is 0.533. The zero-order valence-electron chi connectivity index (χ0n) is 33.7. The topological polar surface area (TPSA) is 122 Å². The lowest BCUT2D eigenvalue weighted by Gasteiger charge is -2.69. The molecule has 6 aliphatic rings. The van der Waals surface area contributed by atoms with Crippen LogP contribution in [0.25, 0.3) is 21.3 Å². The number of carbonyl (C=O) groups is 1. The van der Waals surface area contributed by atoms with Crippen molar-refractivity contribution in [2.45, 2.75) is 104 Å². The number of anilines is 4. The molecule has 11 rings (SSSR count). The average molecular weight is 787 g/mol. The van der Waals surface area contributed by atoms with E-state index in [-0.39, 0.29) is 27.4 Å². The van der Waals surface area contributed by atoms with E-state index in [9.17, 15) is 9.90 Å². The Kier molecular flexibility index (Phi) is 8.80. The number of thiazole rings is 1. The van der Waals surface area contributed by atoms with E-state index < -0.39 is 5.97 Å². The van der Waals surface area contributed by atoms with Crippen LogP contribution in [0.2, 0.25) is 0 Å². The van der Waals surface area contributed by atoms with E-state index in [4.69, 9.17) is 19.9 Å². The molecule has 5 aromatic rings. The number of hydrogen-bond acceptors (Lipinski definition) is 10. The molecule has 298 valence electrons. The first-order valence-electron chi connectivity index (χ1n) is 20.9. The molecule has 4 aliphatic carbocycles. The van der Waals surface area contributed by atoms with Gasteiger partial charge in [0.25, 0.3) is 0 Å². The summed E-state index contributed by atoms with van der Waals surface area (Å²) in [5.41, 5.74) is 7.29. The Morgan fingerprint density at radius 1 is 0.930 bits per heavy atom. The highest BCUT2D eigenvalue weighted by molar-refractivity contribution is 7.22. The Morgan fingerprint density at radius 2 is 1.72 bits per heavy atom. The number of carboxylic acid groups (broad SMARTS) is 1. The van der Waals surface area contributed by atoms with E-state index in [0.29, 0.717) is 11.4 Å². The van der Waals surface area contributed by atoms with Gasteiger partial charge in [-0.25, -0.2) is 9.78 Å². The number of fused-ring (bicyclic) bond motifs is 2. The van der Waals surface area contributed by atoms with Crippen LogP contribution < -0.4 is 10.2 Å². The minimum absolute atomic E-state index is 0.0708. The van der Waals surface area contributed by atoms with Gasteiger partial charge in [-0.05, 0) is 137 Å². The molecule has 11 nitrogen and oxygen atoms in total. The minimum atomic E-state index is -0.955. The molecule has 0 amide bonds. The molecule has 5 fully saturated rings. The van der Waals surface area contributed by atoms with Crippen LogP contribution >= 0.6 is 11.3 Å². The van der Waals surface area contributed by atoms with Crippen molar-refractivity contribution < 1.29 is 14.6 Å². The smallest absolute Gasteiger partial charge is 0.336 e. The predicted molar refractivity (Wildman–Crippen MR) is 225 cm³/mol. The van der Waals surface area contributed by atoms with Crippen LogP contribution in [0.1, 0.15) is 98.8 Å². The highest BCUT2D eigenvalue weighted by Gasteiger charge is 2.66. The summed E-state index contributed by atoms with van der Waals surface area (Å²) < 4.78 is 10.3. The van der Waals surface area contributed by atoms with Gasteiger partial charge in [-0.1, -0.05) is 43.4 Å². The molecule has 0 spiro atoms. The molecule has 4 saturated carbocycles. The second-order valence-corrected chi connectivity index (χ2v) is 20.0. The van der Waals surface area contributed by atoms with Gasteiger partial charge >= 0.3 is 5.97 Å². The van der Waals surface area contributed by atoms with E-state index >= 15 is 0 Å². The Hall–Kier alpha value is -4.39. The first-order valence-corrected chi connectivity index (χ1v) is 21.8. The van der Waals surface area contributed by atoms with Crippen molar-refractivity contribution in [2.24, 2.45) is 16.2 Å². The number of nitrogens with zero attached hydrogens (tertiary/aromatic N) is 7. The van der Waals surface area contributed by atoms with Crippen LogP contribution in [0.15, 0.2) is 48.7 Å². The van der Waals surface area contributed by atoms with E-state index in [0.717, 1.165) is 108 Å². The standard InChI is InChI=1S/C45H54N8O3S/c1-29-32-10-9-17-52(39(32)50-49-38(29)48-41-47-36-11-5-6-12-37(36)57-41)31-13-14-33(34(20-31)40(54)55)35-21-46-53(30(35)2)28-44-23-42(3)22-43(4,24-44)26-45(25-42,27-44)56-19-18-51-15-7-8-16-51/h5-6,11-14,20-21H,7-10,15-19,22-28H2,1-4H3,(H,54,55)(H,47,48,49). The fourth-order valence-electron chi connectivity index (χ4n) is 12.8. The number of benzene rings is 2. The van der Waals surface area contributed by atoms with Gasteiger partial charge in [-0.2, -0.15) is 5.10 Å². The van der Waals surface area contributed by atoms with Crippen LogP contribution in [0.5, 0.6) is 0 Å². The van der Waals surface area contributed by atoms with Crippen LogP contribution in [0.4, 0.5) is 22.5 Å². The van der Waals surface area contributed by atoms with Gasteiger partial charge in [0.15, 0.2) is 16.8 Å². The molecule has 3 aromatic heterocycles. The lowest BCUT2D eigenvalue weighted by molar-refractivity contribution is -0.248. The van der Waals surface area contributed by atoms with Gasteiger partial charge in [-0.15, -0.1) is 10.2 Å². The van der Waals surface area contributed by atoms with Crippen molar-refractivity contribution in [3.05, 3.63) is 71.0 Å². The van der Waals surface area contributed by atoms with Crippen LogP contribution in [0, 0.1) is 30.1 Å². The molecule has 4 bridgehead atoms. The molecule has 2 atom stereocenters. The second-order valence-electron chi connectivity index (χ2n) is 18.9. The van der Waals surface area contributed by atoms with Crippen molar-refractivity contribution in [3.63, 3.8) is 0 Å². The Balaban J connectivity index is 0.906. The highest BCUT2D eigenvalue weighted by Crippen LogP contribution is 2.72. The number of hydrogen-bond donors (Lipinski definition) is 2. The maximum atomic E-state index is 13.0. The molecule has 2 aromatic carbocycles. The molecular formula is C45H54N8O3S. The number of carboxylic acids is 1. The maximum Gasteiger partial charge on any atom is 0.336 e. The van der Waals surface area contributed by atoms with Crippen LogP contribution in [0.3, 0.4) is 0 Å². The summed E-state index contributed by atoms with van der Waals surface area (Å²) >= 11 is 1.59. The number of likely N-dealkylation sites (tertiary alicyclic amines) is 1. The molecular weight excluding hydrogens is 733 g/mol. The molecule has 1 saturated heterocycles. The largest absolute Gasteiger partial charge is 0.478 e. The summed E-state index contributed by atoms with van der Waals surface area (Å²) in [5.74, 6) is 0.516. The normalized spacial score (nSPS) is 28.0. The minimum Gasteiger partial charge on any atom is -0.478 e. The lowest BCUT2D eigenvalue weighted by Crippen LogP contribution is -2.64. The predicted octanol–water partition coefficient (Wildman–Crippen LogP) is 9.32. The summed E-state index contributed by atoms with van der Waals surface area (Å²) in [6.07, 6.45) is 13.3. The summed E-state index contributed by atoms with van der Waals surface area (Å²) in [4.78, 5) is 22.4. The van der Waals surface area contributed by atoms with Crippen molar-refractivity contribution in [2.75, 3.05) is 43.0 Å². The monoisotopic (exact) mass is 786 g/mol. The third-order valence-corrected chi connectivity index (χ3v) is 14.9. The Bertz CT molecular complexity index is 2330. The van der Waals surface area contributed by atoms with Gasteiger partial charge in [0.2, 0.25) is 0 Å². The van der Waals surface area contributed by atoms with Gasteiger partial charge in [0, 0.05) is 47.7 Å². The molecule has 57 heavy (non-hydrogen) atoms. The first kappa shape index (κ1) is 36.9. The van der Waals surface area contributed by atoms with E-state index in [1.807, 2.05) is 36.5 Å². The number of nitrogens with one attached hydrogen (secondary N) is 1. The summed E-state index contributed by atoms with van der Waals surface area (Å²) in [7, 11) is 0. The maximum absolute atomic E-state index is 13.0. The molecule has 2 unspecified atom stereocenters. The van der Waals surface area contributed by atoms with E-state index in [1.54, 1.807) is 17.4 Å². The average Bonchev–Trinajstić information content (AvgIpc) is 3.91. The second kappa shape index (κ2) is 13.6. The molecule has 2 N–H and O–H groups in total. The Labute approximate surface area is 338 Å². The SMILES string of the molecule is Cc1c(Nc2nc3ccccc3s2)nnc2c1CCCN2c1ccc(-c2cnn(CC34CC5(C)CC(C)(C3)CC(OCCN3CCCC3)(C5)C4)c2C)c(C(=O)O)c1. The van der Waals surface area contributed by atoms with Gasteiger partial charge < -0.3 is 25.0 Å². The van der Waals surface area contributed by atoms with Crippen molar-refractivity contribution in [1.29, 1.82) is 0 Å². The third kappa shape index (κ3) is 6.61. The summed E-state index contributed by atoms with van der Waals surface area (Å²) in [6, 6.07) is 13.9. The van der Waals surface area contributed by atoms with Crippen molar-refractivity contribution in [1.82, 2.24) is 29.9 Å². The quantitative estimate of drug-likeness (QED) is 0.134. The number of para-hydroxylation sites is 1. The summed E-state index contributed by atoms with van der Waals surface area (Å²) in [5, 5.41) is 29.2. The Morgan fingerprint density at radius 3 is 2.49 bits per heavy atom. The molecule has 0 radical (unpaired) electrons. The lowest BCUT2D eigenvalue weighted by atomic mass is 9.39. The first-order chi connectivity index (χ1) is 27.4. The zero-order chi connectivity index (χ0) is 39.2. The summed E-state index contributed by atoms with van der Waals surface area (Å²) in [6.45, 7) is 15.0. The number of ether oxygens (including phenoxy) is 1. The molecule has 2 aliphatic heterocycles. The van der Waals surface area contributed by atoms with Crippen LogP contribution in [-0.2, 0) is 17.7 Å². The zero-order valence-corrected chi connectivity index (χ0v) is 34.6. The highest BCUT2D eigenvalue weighted by atomic mass is 32.1. The van der Waals surface area contributed by atoms with E-state index in [1.165, 1.54) is 45.2 Å². The van der Waals surface area contributed by atoms with E-state index in [2.05, 4.69) is 58.7 Å². The van der Waals surface area contributed by atoms with Gasteiger partial charge in [0.1, 0.15) is 0 Å².